The lowest BCUT2D eigenvalue weighted by Crippen LogP contribution is -2.39. The largest absolute Gasteiger partial charge is 0.383 e. The lowest BCUT2D eigenvalue weighted by Gasteiger charge is -2.36. The zero-order chi connectivity index (χ0) is 37.6. The van der Waals surface area contributed by atoms with Crippen LogP contribution in [0.2, 0.25) is 0 Å². The Morgan fingerprint density at radius 1 is 0.980 bits per heavy atom. The fourth-order valence-electron chi connectivity index (χ4n) is 6.21. The highest BCUT2D eigenvalue weighted by atomic mass is 19.3. The van der Waals surface area contributed by atoms with Crippen LogP contribution in [0.15, 0.2) is 65.9 Å². The Hall–Kier alpha value is -4.18. The fraction of sp³-hybridized carbons (Fsp3) is 0.500. The predicted molar refractivity (Wildman–Crippen MR) is 203 cm³/mol. The topological polar surface area (TPSA) is 125 Å². The molecule has 50 heavy (non-hydrogen) atoms. The normalized spacial score (nSPS) is 16.0. The number of carbonyl (C=O) groups is 2. The van der Waals surface area contributed by atoms with Crippen LogP contribution in [0.4, 0.5) is 8.78 Å². The van der Waals surface area contributed by atoms with Gasteiger partial charge in [0.25, 0.3) is 0 Å². The predicted octanol–water partition coefficient (Wildman–Crippen LogP) is 8.68. The minimum Gasteiger partial charge on any atom is -0.383 e. The molecule has 0 radical (unpaired) electrons. The lowest BCUT2D eigenvalue weighted by molar-refractivity contribution is -0.129. The van der Waals surface area contributed by atoms with Gasteiger partial charge in [0.1, 0.15) is 12.6 Å². The van der Waals surface area contributed by atoms with Crippen LogP contribution in [-0.2, 0) is 9.59 Å². The Labute approximate surface area is 297 Å². The summed E-state index contributed by atoms with van der Waals surface area (Å²) in [7, 11) is 1.50. The lowest BCUT2D eigenvalue weighted by atomic mass is 9.74. The number of amides is 1. The molecular formula is C40H58F2N6O2. The van der Waals surface area contributed by atoms with Crippen LogP contribution in [0.1, 0.15) is 91.6 Å². The number of benzene rings is 2. The number of carbonyl (C=O) groups excluding carboxylic acids is 2. The molecule has 5 N–H and O–H groups in total. The van der Waals surface area contributed by atoms with E-state index in [0.29, 0.717) is 31.2 Å². The number of hydrogen-bond acceptors (Lipinski definition) is 6. The third kappa shape index (κ3) is 11.7. The van der Waals surface area contributed by atoms with E-state index >= 15 is 0 Å². The summed E-state index contributed by atoms with van der Waals surface area (Å²) in [5, 5.41) is 6.71. The van der Waals surface area contributed by atoms with E-state index in [1.54, 1.807) is 6.20 Å². The van der Waals surface area contributed by atoms with Gasteiger partial charge in [-0.3, -0.25) is 9.79 Å². The van der Waals surface area contributed by atoms with Gasteiger partial charge < -0.3 is 26.1 Å². The van der Waals surface area contributed by atoms with Gasteiger partial charge in [0.15, 0.2) is 0 Å². The zero-order valence-electron chi connectivity index (χ0n) is 31.2. The van der Waals surface area contributed by atoms with Crippen molar-refractivity contribution in [2.75, 3.05) is 13.6 Å². The summed E-state index contributed by atoms with van der Waals surface area (Å²) >= 11 is 0. The highest BCUT2D eigenvalue weighted by Gasteiger charge is 2.38. The minimum absolute atomic E-state index is 0.00688. The van der Waals surface area contributed by atoms with Crippen molar-refractivity contribution < 1.29 is 18.4 Å². The summed E-state index contributed by atoms with van der Waals surface area (Å²) in [6, 6.07) is 16.4. The Morgan fingerprint density at radius 3 is 1.98 bits per heavy atom. The molecule has 0 spiro atoms. The number of nitrogens with zero attached hydrogens (tertiary/aromatic N) is 2. The molecule has 1 amide bonds. The first kappa shape index (κ1) is 42.0. The smallest absolute Gasteiger partial charge is 0.248 e. The van der Waals surface area contributed by atoms with E-state index in [2.05, 4.69) is 114 Å². The van der Waals surface area contributed by atoms with Crippen LogP contribution < -0.4 is 16.4 Å². The van der Waals surface area contributed by atoms with Crippen LogP contribution in [0.25, 0.3) is 28.1 Å². The molecule has 2 aromatic carbocycles. The number of nitrogens with two attached hydrogens (primary N) is 1. The molecule has 2 atom stereocenters. The average molecular weight is 693 g/mol. The molecule has 8 nitrogen and oxygen atoms in total. The van der Waals surface area contributed by atoms with Crippen molar-refractivity contribution in [3.05, 3.63) is 72.3 Å². The number of aromatic amines is 1. The number of rotatable bonds is 12. The second kappa shape index (κ2) is 19.3. The van der Waals surface area contributed by atoms with Gasteiger partial charge in [0, 0.05) is 31.0 Å². The fourth-order valence-corrected chi connectivity index (χ4v) is 6.21. The van der Waals surface area contributed by atoms with Gasteiger partial charge in [-0.25, -0.2) is 13.8 Å². The summed E-state index contributed by atoms with van der Waals surface area (Å²) in [6.07, 6.45) is 4.66. The summed E-state index contributed by atoms with van der Waals surface area (Å²) in [5.74, 6) is -0.640. The number of imidazole rings is 1. The van der Waals surface area contributed by atoms with Crippen LogP contribution in [0.3, 0.4) is 0 Å². The first-order valence-electron chi connectivity index (χ1n) is 17.4. The van der Waals surface area contributed by atoms with E-state index in [4.69, 9.17) is 4.79 Å². The highest BCUT2D eigenvalue weighted by Crippen LogP contribution is 2.41. The van der Waals surface area contributed by atoms with Crippen LogP contribution in [0, 0.1) is 29.1 Å². The number of nitrogens with one attached hydrogen (secondary N) is 3. The monoisotopic (exact) mass is 692 g/mol. The van der Waals surface area contributed by atoms with Gasteiger partial charge >= 0.3 is 0 Å². The van der Waals surface area contributed by atoms with Gasteiger partial charge in [0.2, 0.25) is 11.8 Å². The standard InChI is InChI=1S/C38H51F2N5O.CH5N.CH2O/c1-24(2)31(28-17-19-38(39,40)20-18-28)21-42-32(22-41-8)29-13-9-26(10-14-29)27-11-15-30(16-12-27)33-23-43-35(44-33)34(25(3)4)45-36(46)37(5,6)7;2*1-2/h9-16,22-25,28,31,34,42H,8,17-21H2,1-7H3,(H,43,44)(H,45,46);2H2,1H3;1H2/b32-22-;;. The van der Waals surface area contributed by atoms with E-state index in [9.17, 15) is 13.6 Å². The molecule has 10 heteroatoms. The van der Waals surface area contributed by atoms with Crippen molar-refractivity contribution in [2.24, 2.45) is 39.8 Å². The van der Waals surface area contributed by atoms with Gasteiger partial charge in [-0.15, -0.1) is 0 Å². The number of H-pyrrole nitrogens is 1. The SMILES string of the molecule is C=N/C=C(\NCC(C(C)C)C1CCC(F)(F)CC1)c1ccc(-c2ccc(-c3cnc(C(NC(=O)C(C)(C)C)C(C)C)[nH]3)cc2)cc1.C=O.CN. The van der Waals surface area contributed by atoms with Gasteiger partial charge in [-0.2, -0.15) is 0 Å². The molecule has 2 unspecified atom stereocenters. The van der Waals surface area contributed by atoms with Gasteiger partial charge in [0.05, 0.1) is 23.6 Å². The summed E-state index contributed by atoms with van der Waals surface area (Å²) in [5.41, 5.74) is 9.96. The van der Waals surface area contributed by atoms with Crippen LogP contribution in [-0.4, -0.2) is 48.9 Å². The Balaban J connectivity index is 0.00000209. The molecule has 1 aromatic heterocycles. The third-order valence-electron chi connectivity index (χ3n) is 9.22. The molecule has 4 rings (SSSR count). The molecule has 1 saturated carbocycles. The molecule has 274 valence electrons. The first-order valence-corrected chi connectivity index (χ1v) is 17.4. The molecule has 0 bridgehead atoms. The van der Waals surface area contributed by atoms with Crippen molar-refractivity contribution in [1.29, 1.82) is 0 Å². The molecule has 0 aliphatic heterocycles. The van der Waals surface area contributed by atoms with E-state index in [1.165, 1.54) is 7.05 Å². The van der Waals surface area contributed by atoms with E-state index in [0.717, 1.165) is 39.5 Å². The van der Waals surface area contributed by atoms with Crippen LogP contribution >= 0.6 is 0 Å². The van der Waals surface area contributed by atoms with Crippen molar-refractivity contribution in [3.8, 4) is 22.4 Å². The van der Waals surface area contributed by atoms with Crippen molar-refractivity contribution in [2.45, 2.75) is 86.1 Å². The minimum atomic E-state index is -2.52. The van der Waals surface area contributed by atoms with E-state index in [1.807, 2.05) is 33.8 Å². The molecule has 1 aliphatic carbocycles. The van der Waals surface area contributed by atoms with Crippen LogP contribution in [0.5, 0.6) is 0 Å². The molecule has 3 aromatic rings. The second-order valence-electron chi connectivity index (χ2n) is 14.5. The first-order chi connectivity index (χ1) is 23.7. The molecular weight excluding hydrogens is 634 g/mol. The van der Waals surface area contributed by atoms with E-state index < -0.39 is 11.3 Å². The molecule has 1 fully saturated rings. The number of alkyl halides is 2. The maximum Gasteiger partial charge on any atom is 0.248 e. The molecule has 0 saturated heterocycles. The average Bonchev–Trinajstić information content (AvgIpc) is 3.58. The summed E-state index contributed by atoms with van der Waals surface area (Å²) in [6.45, 7) is 20.6. The van der Waals surface area contributed by atoms with Gasteiger partial charge in [-0.1, -0.05) is 97.0 Å². The summed E-state index contributed by atoms with van der Waals surface area (Å²) in [4.78, 5) is 32.7. The molecule has 1 heterocycles. The van der Waals surface area contributed by atoms with E-state index in [-0.39, 0.29) is 36.6 Å². The maximum atomic E-state index is 13.8. The molecule has 1 aliphatic rings. The Kier molecular flexibility index (Phi) is 16.2. The number of aromatic nitrogens is 2. The third-order valence-corrected chi connectivity index (χ3v) is 9.22. The number of hydrogen-bond donors (Lipinski definition) is 4. The van der Waals surface area contributed by atoms with Crippen molar-refractivity contribution >= 4 is 25.1 Å². The maximum absolute atomic E-state index is 13.8. The zero-order valence-corrected chi connectivity index (χ0v) is 31.2. The summed E-state index contributed by atoms with van der Waals surface area (Å²) < 4.78 is 27.6. The van der Waals surface area contributed by atoms with Gasteiger partial charge in [-0.05, 0) is 72.5 Å². The number of aliphatic imine (C=N–C) groups is 1. The highest BCUT2D eigenvalue weighted by molar-refractivity contribution is 5.81. The Bertz CT molecular complexity index is 1500. The second-order valence-corrected chi connectivity index (χ2v) is 14.5. The van der Waals surface area contributed by atoms with Crippen molar-refractivity contribution in [1.82, 2.24) is 20.6 Å². The Morgan fingerprint density at radius 2 is 1.50 bits per heavy atom. The van der Waals surface area contributed by atoms with Crippen molar-refractivity contribution in [3.63, 3.8) is 0 Å². The quantitative estimate of drug-likeness (QED) is 0.141. The number of halogens is 2.